The van der Waals surface area contributed by atoms with Gasteiger partial charge in [0.1, 0.15) is 0 Å². The van der Waals surface area contributed by atoms with Crippen molar-refractivity contribution in [3.05, 3.63) is 178 Å². The van der Waals surface area contributed by atoms with Gasteiger partial charge in [-0.1, -0.05) is 127 Å². The number of fused-ring (bicyclic) bond motifs is 5. The van der Waals surface area contributed by atoms with E-state index >= 15 is 0 Å². The van der Waals surface area contributed by atoms with Crippen molar-refractivity contribution in [1.29, 1.82) is 0 Å². The maximum atomic E-state index is 3.50. The van der Waals surface area contributed by atoms with Gasteiger partial charge in [-0.05, 0) is 97.3 Å². The lowest BCUT2D eigenvalue weighted by Crippen LogP contribution is -2.56. The van der Waals surface area contributed by atoms with Crippen molar-refractivity contribution in [3.8, 4) is 11.8 Å². The molecule has 0 amide bonds. The van der Waals surface area contributed by atoms with Crippen molar-refractivity contribution in [3.63, 3.8) is 0 Å². The highest BCUT2D eigenvalue weighted by Gasteiger charge is 2.55. The molecule has 0 radical (unpaired) electrons. The molecule has 290 valence electrons. The Balaban J connectivity index is 0.922. The summed E-state index contributed by atoms with van der Waals surface area (Å²) in [4.78, 5) is 8.78. The number of hydrogen-bond acceptors (Lipinski definition) is 4. The zero-order valence-electron chi connectivity index (χ0n) is 33.4. The number of rotatable bonds is 6. The number of benzene rings is 2. The molecule has 10 unspecified atom stereocenters. The predicted octanol–water partition coefficient (Wildman–Crippen LogP) is 12.6. The molecule has 2 aromatic rings. The predicted molar refractivity (Wildman–Crippen MR) is 244 cm³/mol. The maximum Gasteiger partial charge on any atom is 0.0580 e. The molecule has 12 rings (SSSR count). The van der Waals surface area contributed by atoms with Crippen LogP contribution in [0.5, 0.6) is 0 Å². The van der Waals surface area contributed by atoms with E-state index in [-0.39, 0.29) is 11.5 Å². The summed E-state index contributed by atoms with van der Waals surface area (Å²) < 4.78 is 0. The SMILES string of the molecule is CC12C=CC3=C4C(C=C[C@@H](CC=C1N(C1=CCCC=C1)C1CC=CC5c6ccccc6SC51)C42)C(N(c1ccccc1)C1CC=CC2C4=C(CC#CCC4)SC21)C=C3. The number of anilines is 1. The first-order chi connectivity index (χ1) is 28.7. The van der Waals surface area contributed by atoms with Crippen LogP contribution in [0, 0.1) is 40.9 Å². The van der Waals surface area contributed by atoms with Gasteiger partial charge in [0.05, 0.1) is 12.1 Å². The van der Waals surface area contributed by atoms with Gasteiger partial charge in [-0.3, -0.25) is 0 Å². The molecule has 0 bridgehead atoms. The molecule has 2 nitrogen and oxygen atoms in total. The molecular weight excluding hydrogens is 741 g/mol. The number of allylic oxidation sites excluding steroid dienone is 13. The molecule has 2 aromatic carbocycles. The molecule has 2 heterocycles. The smallest absolute Gasteiger partial charge is 0.0580 e. The van der Waals surface area contributed by atoms with Crippen LogP contribution in [0.15, 0.2) is 178 Å². The molecule has 11 atom stereocenters. The third kappa shape index (κ3) is 5.48. The molecule has 0 saturated carbocycles. The van der Waals surface area contributed by atoms with Crippen LogP contribution in [0.3, 0.4) is 0 Å². The first-order valence-electron chi connectivity index (χ1n) is 22.1. The summed E-state index contributed by atoms with van der Waals surface area (Å²) in [5, 5.41) is 1.00. The van der Waals surface area contributed by atoms with Crippen LogP contribution >= 0.6 is 23.5 Å². The number of thioether (sulfide) groups is 2. The van der Waals surface area contributed by atoms with Crippen LogP contribution in [0.25, 0.3) is 0 Å². The van der Waals surface area contributed by atoms with E-state index in [9.17, 15) is 0 Å². The number of para-hydroxylation sites is 1. The van der Waals surface area contributed by atoms with Crippen molar-refractivity contribution in [2.45, 2.75) is 97.7 Å². The summed E-state index contributed by atoms with van der Waals surface area (Å²) in [6.07, 6.45) is 44.3. The van der Waals surface area contributed by atoms with E-state index in [4.69, 9.17) is 0 Å². The summed E-state index contributed by atoms with van der Waals surface area (Å²) >= 11 is 4.30. The summed E-state index contributed by atoms with van der Waals surface area (Å²) in [5.74, 6) is 9.12. The van der Waals surface area contributed by atoms with Crippen molar-refractivity contribution < 1.29 is 0 Å². The second-order valence-corrected chi connectivity index (χ2v) is 20.7. The van der Waals surface area contributed by atoms with Crippen molar-refractivity contribution in [1.82, 2.24) is 4.90 Å². The van der Waals surface area contributed by atoms with Crippen molar-refractivity contribution in [2.75, 3.05) is 4.90 Å². The lowest BCUT2D eigenvalue weighted by atomic mass is 9.53. The highest BCUT2D eigenvalue weighted by atomic mass is 32.2. The Kier molecular flexibility index (Phi) is 8.70. The fraction of sp³-hybridized carbons (Fsp3) is 0.370. The molecule has 0 aromatic heterocycles. The molecular formula is C54H52N2S2. The first-order valence-corrected chi connectivity index (χ1v) is 23.8. The van der Waals surface area contributed by atoms with E-state index in [2.05, 4.69) is 192 Å². The Labute approximate surface area is 354 Å². The van der Waals surface area contributed by atoms with E-state index in [1.807, 2.05) is 0 Å². The van der Waals surface area contributed by atoms with Gasteiger partial charge in [0, 0.05) is 80.4 Å². The molecule has 2 aliphatic heterocycles. The van der Waals surface area contributed by atoms with Gasteiger partial charge in [-0.2, -0.15) is 0 Å². The van der Waals surface area contributed by atoms with Gasteiger partial charge in [0.25, 0.3) is 0 Å². The summed E-state index contributed by atoms with van der Waals surface area (Å²) in [7, 11) is 0. The van der Waals surface area contributed by atoms with Gasteiger partial charge < -0.3 is 9.80 Å². The van der Waals surface area contributed by atoms with Gasteiger partial charge in [-0.25, -0.2) is 0 Å². The Hall–Kier alpha value is -4.30. The van der Waals surface area contributed by atoms with Crippen molar-refractivity contribution in [2.24, 2.45) is 29.1 Å². The van der Waals surface area contributed by atoms with Gasteiger partial charge in [-0.15, -0.1) is 29.4 Å². The molecule has 58 heavy (non-hydrogen) atoms. The van der Waals surface area contributed by atoms with E-state index in [0.29, 0.717) is 52.2 Å². The average molecular weight is 793 g/mol. The minimum Gasteiger partial charge on any atom is -0.360 e. The molecule has 8 aliphatic carbocycles. The highest BCUT2D eigenvalue weighted by Crippen LogP contribution is 2.62. The van der Waals surface area contributed by atoms with Gasteiger partial charge >= 0.3 is 0 Å². The van der Waals surface area contributed by atoms with Crippen LogP contribution in [0.4, 0.5) is 5.69 Å². The zero-order valence-corrected chi connectivity index (χ0v) is 35.1. The third-order valence-corrected chi connectivity index (χ3v) is 18.3. The third-order valence-electron chi connectivity index (χ3n) is 15.2. The standard InChI is InChI=1S/C54H52N2S2/c1-54-34-33-35-28-31-44(55(37-15-5-2-6-16-37)45-23-13-21-41-39-19-9-4-10-25-47(39)57-52(41)45)43-30-27-36(51(54)50(35)43)29-32-49(54)56(38-17-7-3-8-18-38)46-24-14-22-42-40-20-11-12-26-48(40)58-53(42)46/h2,5-7,11-18,20-22,26-28,30-34,36,41-46,51-53H,3,8-9,19,23-25,29H2,1H3/t36-,41?,42?,43?,44?,45?,46?,51?,52?,53?,54?/m0/s1. The van der Waals surface area contributed by atoms with E-state index in [1.54, 1.807) is 16.1 Å². The Morgan fingerprint density at radius 2 is 1.57 bits per heavy atom. The van der Waals surface area contributed by atoms with Gasteiger partial charge in [0.15, 0.2) is 0 Å². The van der Waals surface area contributed by atoms with E-state index < -0.39 is 0 Å². The summed E-state index contributed by atoms with van der Waals surface area (Å²) in [6, 6.07) is 21.7. The fourth-order valence-electron chi connectivity index (χ4n) is 12.8. The fourth-order valence-corrected chi connectivity index (χ4v) is 16.0. The molecule has 10 aliphatic rings. The number of nitrogens with zero attached hydrogens (tertiary/aromatic N) is 2. The second kappa shape index (κ2) is 14.2. The van der Waals surface area contributed by atoms with Crippen LogP contribution in [0.2, 0.25) is 0 Å². The van der Waals surface area contributed by atoms with E-state index in [0.717, 1.165) is 51.4 Å². The Morgan fingerprint density at radius 3 is 2.47 bits per heavy atom. The van der Waals surface area contributed by atoms with Crippen molar-refractivity contribution >= 4 is 29.2 Å². The summed E-state index contributed by atoms with van der Waals surface area (Å²) in [6.45, 7) is 2.61. The number of hydrogen-bond donors (Lipinski definition) is 0. The molecule has 0 N–H and O–H groups in total. The minimum atomic E-state index is -0.126. The zero-order chi connectivity index (χ0) is 38.4. The minimum absolute atomic E-state index is 0.126. The normalized spacial score (nSPS) is 36.8. The average Bonchev–Trinajstić information content (AvgIpc) is 3.74. The van der Waals surface area contributed by atoms with Crippen LogP contribution in [-0.2, 0) is 0 Å². The first kappa shape index (κ1) is 35.6. The largest absolute Gasteiger partial charge is 0.360 e. The summed E-state index contributed by atoms with van der Waals surface area (Å²) in [5.41, 5.74) is 10.5. The Bertz CT molecular complexity index is 2420. The molecule has 0 spiro atoms. The molecule has 0 fully saturated rings. The lowest BCUT2D eigenvalue weighted by Gasteiger charge is -2.57. The van der Waals surface area contributed by atoms with Crippen LogP contribution in [-0.4, -0.2) is 33.5 Å². The second-order valence-electron chi connectivity index (χ2n) is 18.2. The van der Waals surface area contributed by atoms with Gasteiger partial charge in [0.2, 0.25) is 0 Å². The van der Waals surface area contributed by atoms with Crippen LogP contribution in [0.1, 0.15) is 69.8 Å². The monoisotopic (exact) mass is 792 g/mol. The molecule has 4 heteroatoms. The van der Waals surface area contributed by atoms with E-state index in [1.165, 1.54) is 33.1 Å². The Morgan fingerprint density at radius 1 is 0.724 bits per heavy atom. The molecule has 0 saturated heterocycles. The quantitative estimate of drug-likeness (QED) is 0.212. The highest BCUT2D eigenvalue weighted by molar-refractivity contribution is 8.04. The lowest BCUT2D eigenvalue weighted by molar-refractivity contribution is 0.158. The topological polar surface area (TPSA) is 6.48 Å². The maximum absolute atomic E-state index is 3.50. The van der Waals surface area contributed by atoms with Crippen LogP contribution < -0.4 is 4.90 Å².